The maximum Gasteiger partial charge on any atom is 0.293 e. The molecule has 0 saturated heterocycles. The molecule has 0 unspecified atom stereocenters. The average molecular weight is 418 g/mol. The number of aromatic nitrogens is 2. The number of nitrogens with one attached hydrogen (secondary N) is 2. The van der Waals surface area contributed by atoms with Gasteiger partial charge in [0.1, 0.15) is 10.7 Å². The van der Waals surface area contributed by atoms with Gasteiger partial charge in [0, 0.05) is 23.2 Å². The molecule has 10 heteroatoms. The Morgan fingerprint density at radius 2 is 2.04 bits per heavy atom. The third-order valence-corrected chi connectivity index (χ3v) is 5.23. The summed E-state index contributed by atoms with van der Waals surface area (Å²) in [5.74, 6) is -0.487. The van der Waals surface area contributed by atoms with Crippen LogP contribution in [0.5, 0.6) is 0 Å². The number of nitrogens with zero attached hydrogens (tertiary/aromatic N) is 3. The lowest BCUT2D eigenvalue weighted by molar-refractivity contribution is -0.384. The van der Waals surface area contributed by atoms with E-state index in [9.17, 15) is 14.9 Å². The van der Waals surface area contributed by atoms with Gasteiger partial charge in [0.15, 0.2) is 0 Å². The van der Waals surface area contributed by atoms with Gasteiger partial charge in [-0.15, -0.1) is 10.2 Å². The molecule has 28 heavy (non-hydrogen) atoms. The highest BCUT2D eigenvalue weighted by Gasteiger charge is 2.18. The number of benzene rings is 2. The number of hydrogen-bond acceptors (Lipinski definition) is 7. The Morgan fingerprint density at radius 3 is 2.71 bits per heavy atom. The van der Waals surface area contributed by atoms with Gasteiger partial charge >= 0.3 is 0 Å². The lowest BCUT2D eigenvalue weighted by atomic mass is 10.1. The van der Waals surface area contributed by atoms with Gasteiger partial charge in [-0.25, -0.2) is 0 Å². The zero-order valence-corrected chi connectivity index (χ0v) is 16.4. The van der Waals surface area contributed by atoms with Crippen molar-refractivity contribution in [2.24, 2.45) is 0 Å². The molecular weight excluding hydrogens is 402 g/mol. The van der Waals surface area contributed by atoms with Crippen molar-refractivity contribution < 1.29 is 9.72 Å². The van der Waals surface area contributed by atoms with Crippen LogP contribution in [0.25, 0.3) is 0 Å². The minimum Gasteiger partial charge on any atom is -0.375 e. The standard InChI is InChI=1S/C18H16ClN5O3S/c1-2-16-22-23-18(28-16)21-17(25)11-7-8-14(15(9-11)24(26)27)20-10-12-5-3-4-6-13(12)19/h3-9,20H,2,10H2,1H3,(H,21,23,25). The van der Waals surface area contributed by atoms with E-state index >= 15 is 0 Å². The van der Waals surface area contributed by atoms with Crippen molar-refractivity contribution in [2.45, 2.75) is 19.9 Å². The maximum absolute atomic E-state index is 12.4. The minimum atomic E-state index is -0.536. The van der Waals surface area contributed by atoms with Crippen molar-refractivity contribution in [3.63, 3.8) is 0 Å². The first-order valence-electron chi connectivity index (χ1n) is 8.37. The van der Waals surface area contributed by atoms with E-state index in [2.05, 4.69) is 20.8 Å². The van der Waals surface area contributed by atoms with Crippen LogP contribution in [0, 0.1) is 10.1 Å². The highest BCUT2D eigenvalue weighted by atomic mass is 35.5. The van der Waals surface area contributed by atoms with Crippen LogP contribution >= 0.6 is 22.9 Å². The van der Waals surface area contributed by atoms with Crippen LogP contribution in [0.15, 0.2) is 42.5 Å². The van der Waals surface area contributed by atoms with Crippen LogP contribution in [0.2, 0.25) is 5.02 Å². The molecule has 0 fully saturated rings. The summed E-state index contributed by atoms with van der Waals surface area (Å²) in [6, 6.07) is 11.5. The zero-order chi connectivity index (χ0) is 20.1. The fourth-order valence-corrected chi connectivity index (χ4v) is 3.30. The largest absolute Gasteiger partial charge is 0.375 e. The van der Waals surface area contributed by atoms with E-state index in [0.29, 0.717) is 28.8 Å². The van der Waals surface area contributed by atoms with Crippen molar-refractivity contribution >= 4 is 45.4 Å². The number of nitro benzene ring substituents is 1. The Hall–Kier alpha value is -3.04. The summed E-state index contributed by atoms with van der Waals surface area (Å²) in [6.07, 6.45) is 0.713. The molecule has 0 atom stereocenters. The molecule has 2 N–H and O–H groups in total. The summed E-state index contributed by atoms with van der Waals surface area (Å²) >= 11 is 7.38. The molecule has 0 spiro atoms. The number of anilines is 2. The van der Waals surface area contributed by atoms with Crippen LogP contribution in [0.4, 0.5) is 16.5 Å². The van der Waals surface area contributed by atoms with Gasteiger partial charge in [-0.2, -0.15) is 0 Å². The fourth-order valence-electron chi connectivity index (χ4n) is 2.42. The molecule has 1 aromatic heterocycles. The quantitative estimate of drug-likeness (QED) is 0.431. The SMILES string of the molecule is CCc1nnc(NC(=O)c2ccc(NCc3ccccc3Cl)c([N+](=O)[O-])c2)s1. The fraction of sp³-hybridized carbons (Fsp3) is 0.167. The number of aryl methyl sites for hydroxylation is 1. The molecule has 8 nitrogen and oxygen atoms in total. The molecule has 0 radical (unpaired) electrons. The predicted molar refractivity (Wildman–Crippen MR) is 109 cm³/mol. The zero-order valence-electron chi connectivity index (χ0n) is 14.8. The van der Waals surface area contributed by atoms with Gasteiger partial charge in [-0.1, -0.05) is 48.1 Å². The molecule has 144 valence electrons. The third kappa shape index (κ3) is 4.62. The van der Waals surface area contributed by atoms with E-state index in [4.69, 9.17) is 11.6 Å². The molecule has 3 rings (SSSR count). The van der Waals surface area contributed by atoms with Gasteiger partial charge in [0.05, 0.1) is 4.92 Å². The van der Waals surface area contributed by atoms with Crippen LogP contribution in [-0.4, -0.2) is 21.0 Å². The first-order chi connectivity index (χ1) is 13.5. The second-order valence-electron chi connectivity index (χ2n) is 5.74. The van der Waals surface area contributed by atoms with Gasteiger partial charge in [-0.05, 0) is 30.2 Å². The van der Waals surface area contributed by atoms with Gasteiger partial charge in [0.2, 0.25) is 5.13 Å². The summed E-state index contributed by atoms with van der Waals surface area (Å²) < 4.78 is 0. The van der Waals surface area contributed by atoms with Crippen molar-refractivity contribution in [2.75, 3.05) is 10.6 Å². The molecule has 1 amide bonds. The van der Waals surface area contributed by atoms with Crippen molar-refractivity contribution in [1.29, 1.82) is 0 Å². The molecule has 0 aliphatic rings. The average Bonchev–Trinajstić information content (AvgIpc) is 3.14. The summed E-state index contributed by atoms with van der Waals surface area (Å²) in [4.78, 5) is 23.3. The van der Waals surface area contributed by atoms with E-state index < -0.39 is 10.8 Å². The molecule has 2 aromatic carbocycles. The number of halogens is 1. The lowest BCUT2D eigenvalue weighted by Gasteiger charge is -2.10. The second kappa shape index (κ2) is 8.77. The maximum atomic E-state index is 12.4. The molecule has 0 bridgehead atoms. The molecular formula is C18H16ClN5O3S. The first kappa shape index (κ1) is 19.7. The van der Waals surface area contributed by atoms with E-state index in [0.717, 1.165) is 10.6 Å². The molecule has 1 heterocycles. The minimum absolute atomic E-state index is 0.156. The van der Waals surface area contributed by atoms with Crippen molar-refractivity contribution in [3.8, 4) is 0 Å². The van der Waals surface area contributed by atoms with Crippen LogP contribution in [0.3, 0.4) is 0 Å². The predicted octanol–water partition coefficient (Wildman–Crippen LogP) is 4.53. The molecule has 0 aliphatic carbocycles. The number of rotatable bonds is 7. The number of carbonyl (C=O) groups is 1. The van der Waals surface area contributed by atoms with Gasteiger partial charge in [0.25, 0.3) is 11.6 Å². The van der Waals surface area contributed by atoms with Crippen LogP contribution in [-0.2, 0) is 13.0 Å². The van der Waals surface area contributed by atoms with Gasteiger partial charge < -0.3 is 5.32 Å². The Balaban J connectivity index is 1.77. The topological polar surface area (TPSA) is 110 Å². The van der Waals surface area contributed by atoms with E-state index in [1.54, 1.807) is 6.07 Å². The Labute approximate surface area is 169 Å². The molecule has 3 aromatic rings. The summed E-state index contributed by atoms with van der Waals surface area (Å²) in [6.45, 7) is 2.25. The van der Waals surface area contributed by atoms with E-state index in [1.807, 2.05) is 25.1 Å². The van der Waals surface area contributed by atoms with Crippen molar-refractivity contribution in [1.82, 2.24) is 10.2 Å². The van der Waals surface area contributed by atoms with E-state index in [1.165, 1.54) is 29.5 Å². The van der Waals surface area contributed by atoms with Gasteiger partial charge in [-0.3, -0.25) is 20.2 Å². The summed E-state index contributed by atoms with van der Waals surface area (Å²) in [7, 11) is 0. The highest BCUT2D eigenvalue weighted by Crippen LogP contribution is 2.27. The number of carbonyl (C=O) groups excluding carboxylic acids is 1. The second-order valence-corrected chi connectivity index (χ2v) is 7.21. The summed E-state index contributed by atoms with van der Waals surface area (Å²) in [5, 5.41) is 26.6. The van der Waals surface area contributed by atoms with Crippen molar-refractivity contribution in [3.05, 3.63) is 73.7 Å². The monoisotopic (exact) mass is 417 g/mol. The smallest absolute Gasteiger partial charge is 0.293 e. The number of amides is 1. The Kier molecular flexibility index (Phi) is 6.17. The molecule has 0 saturated carbocycles. The first-order valence-corrected chi connectivity index (χ1v) is 9.56. The summed E-state index contributed by atoms with van der Waals surface area (Å²) in [5.41, 5.74) is 1.06. The molecule has 0 aliphatic heterocycles. The Morgan fingerprint density at radius 1 is 1.25 bits per heavy atom. The van der Waals surface area contributed by atoms with Crippen LogP contribution in [0.1, 0.15) is 27.9 Å². The number of hydrogen-bond donors (Lipinski definition) is 2. The normalized spacial score (nSPS) is 10.5. The Bertz CT molecular complexity index is 1020. The number of nitro groups is 1. The lowest BCUT2D eigenvalue weighted by Crippen LogP contribution is -2.12. The highest BCUT2D eigenvalue weighted by molar-refractivity contribution is 7.15. The third-order valence-electron chi connectivity index (χ3n) is 3.87. The van der Waals surface area contributed by atoms with E-state index in [-0.39, 0.29) is 11.3 Å². The van der Waals surface area contributed by atoms with Crippen LogP contribution < -0.4 is 10.6 Å².